The molecule has 0 radical (unpaired) electrons. The first kappa shape index (κ1) is 25.6. The van der Waals surface area contributed by atoms with Crippen LogP contribution in [0.1, 0.15) is 61.0 Å². The molecular weight excluding hydrogens is 434 g/mol. The summed E-state index contributed by atoms with van der Waals surface area (Å²) in [4.78, 5) is 20.3. The number of methoxy groups -OCH3 is 2. The Labute approximate surface area is 193 Å². The van der Waals surface area contributed by atoms with Crippen molar-refractivity contribution >= 4 is 35.2 Å². The number of ether oxygens (including phenoxy) is 3. The summed E-state index contributed by atoms with van der Waals surface area (Å²) < 4.78 is 16.3. The van der Waals surface area contributed by atoms with Gasteiger partial charge in [-0.25, -0.2) is 4.79 Å². The number of rotatable bonds is 9. The van der Waals surface area contributed by atoms with E-state index in [1.165, 1.54) is 14.2 Å². The molecule has 2 aromatic rings. The van der Waals surface area contributed by atoms with Gasteiger partial charge in [0.05, 0.1) is 5.56 Å². The van der Waals surface area contributed by atoms with E-state index in [0.717, 1.165) is 5.56 Å². The monoisotopic (exact) mass is 465 g/mol. The first-order chi connectivity index (χ1) is 15.0. The lowest BCUT2D eigenvalue weighted by Gasteiger charge is -2.26. The maximum atomic E-state index is 12.3. The highest BCUT2D eigenvalue weighted by Crippen LogP contribution is 2.35. The third-order valence-corrected chi connectivity index (χ3v) is 5.19. The molecule has 9 nitrogen and oxygen atoms in total. The van der Waals surface area contributed by atoms with Crippen LogP contribution in [0.5, 0.6) is 0 Å². The van der Waals surface area contributed by atoms with Crippen LogP contribution < -0.4 is 17.2 Å². The summed E-state index contributed by atoms with van der Waals surface area (Å²) in [5, 5.41) is 0.495. The quantitative estimate of drug-likeness (QED) is 0.373. The van der Waals surface area contributed by atoms with Crippen LogP contribution in [0.4, 0.5) is 17.6 Å². The zero-order chi connectivity index (χ0) is 24.1. The Morgan fingerprint density at radius 3 is 2.19 bits per heavy atom. The van der Waals surface area contributed by atoms with Gasteiger partial charge in [0, 0.05) is 30.7 Å². The second-order valence-electron chi connectivity index (χ2n) is 8.41. The molecule has 32 heavy (non-hydrogen) atoms. The standard InChI is InChI=1S/C22H32ClN5O4/c1-22(2,3)32-19(29)13-10-9-12(15(23)11-13)7-6-8-14(20(30-4)31-5)16-17(24)27-21(26)28-18(16)25/h9-11,14,20H,6-8H2,1-5H3,(H6,24,25,26,27,28). The number of hydrogen-bond donors (Lipinski definition) is 3. The number of aromatic nitrogens is 2. The molecule has 1 heterocycles. The summed E-state index contributed by atoms with van der Waals surface area (Å²) in [5.41, 5.74) is 19.1. The van der Waals surface area contributed by atoms with Crippen molar-refractivity contribution in [2.75, 3.05) is 31.4 Å². The van der Waals surface area contributed by atoms with Crippen molar-refractivity contribution in [1.29, 1.82) is 0 Å². The predicted molar refractivity (Wildman–Crippen MR) is 125 cm³/mol. The summed E-state index contributed by atoms with van der Waals surface area (Å²) >= 11 is 6.43. The van der Waals surface area contributed by atoms with E-state index in [-0.39, 0.29) is 23.5 Å². The van der Waals surface area contributed by atoms with Crippen LogP contribution in [-0.4, -0.2) is 42.0 Å². The summed E-state index contributed by atoms with van der Waals surface area (Å²) in [6.07, 6.45) is 1.37. The Morgan fingerprint density at radius 1 is 1.09 bits per heavy atom. The third-order valence-electron chi connectivity index (χ3n) is 4.83. The van der Waals surface area contributed by atoms with E-state index >= 15 is 0 Å². The number of halogens is 1. The fourth-order valence-corrected chi connectivity index (χ4v) is 3.75. The van der Waals surface area contributed by atoms with Crippen molar-refractivity contribution in [2.45, 2.75) is 57.8 Å². The third kappa shape index (κ3) is 6.69. The number of nitrogens with two attached hydrogens (primary N) is 3. The molecular formula is C22H32ClN5O4. The second-order valence-corrected chi connectivity index (χ2v) is 8.82. The molecule has 0 saturated heterocycles. The van der Waals surface area contributed by atoms with Crippen LogP contribution in [0.3, 0.4) is 0 Å². The topological polar surface area (TPSA) is 149 Å². The van der Waals surface area contributed by atoms with E-state index in [0.29, 0.717) is 35.4 Å². The zero-order valence-electron chi connectivity index (χ0n) is 19.1. The molecule has 1 aromatic heterocycles. The smallest absolute Gasteiger partial charge is 0.338 e. The van der Waals surface area contributed by atoms with Crippen molar-refractivity contribution in [3.63, 3.8) is 0 Å². The lowest BCUT2D eigenvalue weighted by atomic mass is 9.92. The van der Waals surface area contributed by atoms with Gasteiger partial charge in [-0.3, -0.25) is 0 Å². The number of hydrogen-bond acceptors (Lipinski definition) is 9. The van der Waals surface area contributed by atoms with Crippen molar-refractivity contribution in [2.24, 2.45) is 0 Å². The molecule has 0 aliphatic rings. The summed E-state index contributed by atoms with van der Waals surface area (Å²) in [5.74, 6) is -0.336. The number of nitrogens with zero attached hydrogens (tertiary/aromatic N) is 2. The highest BCUT2D eigenvalue weighted by Gasteiger charge is 2.28. The zero-order valence-corrected chi connectivity index (χ0v) is 19.9. The number of benzene rings is 1. The van der Waals surface area contributed by atoms with Gasteiger partial charge in [-0.2, -0.15) is 9.97 Å². The van der Waals surface area contributed by atoms with Crippen LogP contribution >= 0.6 is 11.6 Å². The summed E-state index contributed by atoms with van der Waals surface area (Å²) in [7, 11) is 3.08. The first-order valence-electron chi connectivity index (χ1n) is 10.2. The highest BCUT2D eigenvalue weighted by molar-refractivity contribution is 6.31. The van der Waals surface area contributed by atoms with Gasteiger partial charge in [-0.15, -0.1) is 0 Å². The summed E-state index contributed by atoms with van der Waals surface area (Å²) in [6, 6.07) is 5.17. The predicted octanol–water partition coefficient (Wildman–Crippen LogP) is 3.56. The van der Waals surface area contributed by atoms with E-state index in [2.05, 4.69) is 9.97 Å². The van der Waals surface area contributed by atoms with Gasteiger partial charge in [0.15, 0.2) is 6.29 Å². The number of nitrogen functional groups attached to an aromatic ring is 3. The molecule has 1 aromatic carbocycles. The molecule has 0 saturated carbocycles. The molecule has 0 amide bonds. The van der Waals surface area contributed by atoms with Crippen LogP contribution in [-0.2, 0) is 20.6 Å². The number of carbonyl (C=O) groups excluding carboxylic acids is 1. The maximum absolute atomic E-state index is 12.3. The van der Waals surface area contributed by atoms with Crippen LogP contribution in [0.25, 0.3) is 0 Å². The number of aryl methyl sites for hydroxylation is 1. The summed E-state index contributed by atoms with van der Waals surface area (Å²) in [6.45, 7) is 5.45. The van der Waals surface area contributed by atoms with Crippen LogP contribution in [0.2, 0.25) is 5.02 Å². The minimum atomic E-state index is -0.600. The second kappa shape index (κ2) is 10.8. The average Bonchev–Trinajstić information content (AvgIpc) is 2.67. The minimum absolute atomic E-state index is 0.00532. The van der Waals surface area contributed by atoms with E-state index in [1.54, 1.807) is 12.1 Å². The Hall–Kier alpha value is -2.62. The molecule has 6 N–H and O–H groups in total. The van der Waals surface area contributed by atoms with Gasteiger partial charge >= 0.3 is 5.97 Å². The normalized spacial score (nSPS) is 12.7. The molecule has 0 aliphatic carbocycles. The highest BCUT2D eigenvalue weighted by atomic mass is 35.5. The first-order valence-corrected chi connectivity index (χ1v) is 10.6. The Kier molecular flexibility index (Phi) is 8.65. The molecule has 176 valence electrons. The fourth-order valence-electron chi connectivity index (χ4n) is 3.47. The number of anilines is 3. The van der Waals surface area contributed by atoms with Crippen molar-refractivity contribution in [3.05, 3.63) is 39.9 Å². The Bertz CT molecular complexity index is 921. The average molecular weight is 466 g/mol. The number of carbonyl (C=O) groups is 1. The van der Waals surface area contributed by atoms with E-state index in [1.807, 2.05) is 26.8 Å². The van der Waals surface area contributed by atoms with Gasteiger partial charge in [0.2, 0.25) is 5.95 Å². The van der Waals surface area contributed by atoms with Gasteiger partial charge in [0.25, 0.3) is 0 Å². The molecule has 10 heteroatoms. The largest absolute Gasteiger partial charge is 0.456 e. The van der Waals surface area contributed by atoms with E-state index < -0.39 is 17.9 Å². The molecule has 1 unspecified atom stereocenters. The Balaban J connectivity index is 2.16. The molecule has 0 fully saturated rings. The fraction of sp³-hybridized carbons (Fsp3) is 0.500. The minimum Gasteiger partial charge on any atom is -0.456 e. The van der Waals surface area contributed by atoms with E-state index in [4.69, 9.17) is 43.0 Å². The SMILES string of the molecule is COC(OC)C(CCCc1ccc(C(=O)OC(C)(C)C)cc1Cl)c1c(N)nc(N)nc1N. The van der Waals surface area contributed by atoms with Gasteiger partial charge in [-0.05, 0) is 57.7 Å². The van der Waals surface area contributed by atoms with Crippen molar-refractivity contribution in [1.82, 2.24) is 9.97 Å². The lowest BCUT2D eigenvalue weighted by molar-refractivity contribution is -0.119. The van der Waals surface area contributed by atoms with E-state index in [9.17, 15) is 4.79 Å². The maximum Gasteiger partial charge on any atom is 0.338 e. The number of esters is 1. The molecule has 1 atom stereocenters. The van der Waals surface area contributed by atoms with Crippen molar-refractivity contribution in [3.8, 4) is 0 Å². The van der Waals surface area contributed by atoms with Crippen LogP contribution in [0.15, 0.2) is 18.2 Å². The lowest BCUT2D eigenvalue weighted by Crippen LogP contribution is -2.26. The molecule has 2 rings (SSSR count). The Morgan fingerprint density at radius 2 is 1.69 bits per heavy atom. The van der Waals surface area contributed by atoms with Gasteiger partial charge < -0.3 is 31.4 Å². The van der Waals surface area contributed by atoms with Crippen molar-refractivity contribution < 1.29 is 19.0 Å². The molecule has 0 bridgehead atoms. The van der Waals surface area contributed by atoms with Gasteiger partial charge in [0.1, 0.15) is 17.2 Å². The molecule has 0 aliphatic heterocycles. The molecule has 0 spiro atoms. The van der Waals surface area contributed by atoms with Gasteiger partial charge in [-0.1, -0.05) is 17.7 Å². The van der Waals surface area contributed by atoms with Crippen LogP contribution in [0, 0.1) is 0 Å².